The molecule has 0 amide bonds. The molecule has 0 spiro atoms. The summed E-state index contributed by atoms with van der Waals surface area (Å²) < 4.78 is 6.99. The van der Waals surface area contributed by atoms with E-state index < -0.39 is 4.92 Å². The molecule has 1 atom stereocenters. The predicted molar refractivity (Wildman–Crippen MR) is 79.6 cm³/mol. The number of aryl methyl sites for hydroxylation is 2. The van der Waals surface area contributed by atoms with Gasteiger partial charge in [-0.15, -0.1) is 0 Å². The summed E-state index contributed by atoms with van der Waals surface area (Å²) >= 11 is 0. The second-order valence-corrected chi connectivity index (χ2v) is 4.85. The Balaban J connectivity index is 2.31. The van der Waals surface area contributed by atoms with Crippen molar-refractivity contribution < 1.29 is 9.66 Å². The van der Waals surface area contributed by atoms with E-state index in [-0.39, 0.29) is 11.7 Å². The summed E-state index contributed by atoms with van der Waals surface area (Å²) in [5, 5.41) is 18.4. The van der Waals surface area contributed by atoms with Gasteiger partial charge in [0.25, 0.3) is 5.69 Å². The van der Waals surface area contributed by atoms with Crippen LogP contribution in [0.3, 0.4) is 0 Å². The fraction of sp³-hybridized carbons (Fsp3) is 0.357. The highest BCUT2D eigenvalue weighted by atomic mass is 16.6. The molecule has 1 N–H and O–H groups in total. The Morgan fingerprint density at radius 2 is 2.19 bits per heavy atom. The number of hydrogen-bond acceptors (Lipinski definition) is 5. The molecule has 1 aromatic carbocycles. The van der Waals surface area contributed by atoms with Gasteiger partial charge in [0.05, 0.1) is 29.5 Å². The summed E-state index contributed by atoms with van der Waals surface area (Å²) in [6.45, 7) is 3.90. The average molecular weight is 290 g/mol. The van der Waals surface area contributed by atoms with Crippen LogP contribution in [0.5, 0.6) is 5.75 Å². The lowest BCUT2D eigenvalue weighted by Gasteiger charge is -2.17. The third-order valence-electron chi connectivity index (χ3n) is 3.28. The van der Waals surface area contributed by atoms with Gasteiger partial charge in [0, 0.05) is 30.9 Å². The van der Waals surface area contributed by atoms with E-state index in [4.69, 9.17) is 4.74 Å². The normalized spacial score (nSPS) is 12.0. The van der Waals surface area contributed by atoms with Gasteiger partial charge in [-0.25, -0.2) is 0 Å². The highest BCUT2D eigenvalue weighted by Gasteiger charge is 2.16. The van der Waals surface area contributed by atoms with Crippen LogP contribution in [0, 0.1) is 17.0 Å². The zero-order valence-corrected chi connectivity index (χ0v) is 12.5. The first-order chi connectivity index (χ1) is 9.92. The van der Waals surface area contributed by atoms with E-state index in [2.05, 4.69) is 10.4 Å². The van der Waals surface area contributed by atoms with Gasteiger partial charge in [0.2, 0.25) is 0 Å². The van der Waals surface area contributed by atoms with Crippen molar-refractivity contribution in [3.63, 3.8) is 0 Å². The second kappa shape index (κ2) is 5.82. The molecular weight excluding hydrogens is 272 g/mol. The first-order valence-corrected chi connectivity index (χ1v) is 6.51. The predicted octanol–water partition coefficient (Wildman–Crippen LogP) is 2.82. The highest BCUT2D eigenvalue weighted by Crippen LogP contribution is 2.32. The summed E-state index contributed by atoms with van der Waals surface area (Å²) in [6.07, 6.45) is 1.93. The van der Waals surface area contributed by atoms with Crippen LogP contribution in [-0.2, 0) is 7.05 Å². The van der Waals surface area contributed by atoms with Crippen LogP contribution in [0.2, 0.25) is 0 Å². The SMILES string of the molecule is COc1ccc([N+](=O)[O-])cc1NC(C)c1cn(C)nc1C. The number of nitro benzene ring substituents is 1. The fourth-order valence-corrected chi connectivity index (χ4v) is 2.28. The quantitative estimate of drug-likeness (QED) is 0.676. The van der Waals surface area contributed by atoms with Crippen LogP contribution in [0.15, 0.2) is 24.4 Å². The van der Waals surface area contributed by atoms with Crippen molar-refractivity contribution in [2.75, 3.05) is 12.4 Å². The molecule has 0 aliphatic heterocycles. The third-order valence-corrected chi connectivity index (χ3v) is 3.28. The Bertz CT molecular complexity index is 666. The molecule has 0 radical (unpaired) electrons. The second-order valence-electron chi connectivity index (χ2n) is 4.85. The minimum atomic E-state index is -0.426. The van der Waals surface area contributed by atoms with Gasteiger partial charge in [-0.2, -0.15) is 5.10 Å². The molecule has 2 aromatic rings. The number of benzene rings is 1. The third kappa shape index (κ3) is 3.13. The van der Waals surface area contributed by atoms with Crippen LogP contribution in [0.4, 0.5) is 11.4 Å². The Kier molecular flexibility index (Phi) is 4.11. The van der Waals surface area contributed by atoms with E-state index in [1.807, 2.05) is 27.1 Å². The standard InChI is InChI=1S/C14H18N4O3/c1-9(12-8-17(3)16-10(12)2)15-13-7-11(18(19)20)5-6-14(13)21-4/h5-9,15H,1-4H3. The number of nitrogens with one attached hydrogen (secondary N) is 1. The van der Waals surface area contributed by atoms with Crippen LogP contribution in [0.1, 0.15) is 24.2 Å². The molecule has 1 heterocycles. The molecule has 1 unspecified atom stereocenters. The molecule has 21 heavy (non-hydrogen) atoms. The average Bonchev–Trinajstić information content (AvgIpc) is 2.77. The number of hydrogen-bond donors (Lipinski definition) is 1. The van der Waals surface area contributed by atoms with E-state index in [1.165, 1.54) is 19.2 Å². The zero-order chi connectivity index (χ0) is 15.6. The summed E-state index contributed by atoms with van der Waals surface area (Å²) in [7, 11) is 3.39. The first kappa shape index (κ1) is 14.8. The van der Waals surface area contributed by atoms with Gasteiger partial charge in [0.15, 0.2) is 0 Å². The van der Waals surface area contributed by atoms with Gasteiger partial charge in [-0.3, -0.25) is 14.8 Å². The van der Waals surface area contributed by atoms with Crippen molar-refractivity contribution in [2.45, 2.75) is 19.9 Å². The number of nitrogens with zero attached hydrogens (tertiary/aromatic N) is 3. The van der Waals surface area contributed by atoms with Crippen molar-refractivity contribution in [3.05, 3.63) is 45.8 Å². The molecule has 7 heteroatoms. The molecule has 0 saturated carbocycles. The number of aromatic nitrogens is 2. The van der Waals surface area contributed by atoms with Crippen LogP contribution in [0.25, 0.3) is 0 Å². The van der Waals surface area contributed by atoms with Crippen molar-refractivity contribution in [3.8, 4) is 5.75 Å². The topological polar surface area (TPSA) is 82.2 Å². The summed E-state index contributed by atoms with van der Waals surface area (Å²) in [5.74, 6) is 0.564. The van der Waals surface area contributed by atoms with Crippen LogP contribution >= 0.6 is 0 Å². The highest BCUT2D eigenvalue weighted by molar-refractivity contribution is 5.62. The molecular formula is C14H18N4O3. The molecule has 2 rings (SSSR count). The number of rotatable bonds is 5. The maximum Gasteiger partial charge on any atom is 0.271 e. The van der Waals surface area contributed by atoms with E-state index in [9.17, 15) is 10.1 Å². The molecule has 1 aromatic heterocycles. The lowest BCUT2D eigenvalue weighted by molar-refractivity contribution is -0.384. The van der Waals surface area contributed by atoms with Crippen molar-refractivity contribution in [1.82, 2.24) is 9.78 Å². The van der Waals surface area contributed by atoms with Gasteiger partial charge in [-0.05, 0) is 19.9 Å². The van der Waals surface area contributed by atoms with Gasteiger partial charge in [0.1, 0.15) is 5.75 Å². The molecule has 0 aliphatic carbocycles. The molecule has 0 fully saturated rings. The largest absolute Gasteiger partial charge is 0.495 e. The first-order valence-electron chi connectivity index (χ1n) is 6.51. The van der Waals surface area contributed by atoms with Crippen LogP contribution < -0.4 is 10.1 Å². The lowest BCUT2D eigenvalue weighted by Crippen LogP contribution is -2.08. The van der Waals surface area contributed by atoms with Crippen molar-refractivity contribution in [1.29, 1.82) is 0 Å². The Hall–Kier alpha value is -2.57. The van der Waals surface area contributed by atoms with Crippen LogP contribution in [-0.4, -0.2) is 21.8 Å². The number of non-ortho nitro benzene ring substituents is 1. The maximum atomic E-state index is 10.9. The summed E-state index contributed by atoms with van der Waals surface area (Å²) in [6, 6.07) is 4.43. The van der Waals surface area contributed by atoms with Crippen molar-refractivity contribution in [2.24, 2.45) is 7.05 Å². The lowest BCUT2D eigenvalue weighted by atomic mass is 10.1. The number of ether oxygens (including phenoxy) is 1. The number of anilines is 1. The fourth-order valence-electron chi connectivity index (χ4n) is 2.28. The van der Waals surface area contributed by atoms with Gasteiger partial charge >= 0.3 is 0 Å². The van der Waals surface area contributed by atoms with Crippen molar-refractivity contribution >= 4 is 11.4 Å². The van der Waals surface area contributed by atoms with E-state index in [0.717, 1.165) is 11.3 Å². The Morgan fingerprint density at radius 3 is 2.71 bits per heavy atom. The molecule has 0 aliphatic rings. The van der Waals surface area contributed by atoms with Gasteiger partial charge in [-0.1, -0.05) is 0 Å². The summed E-state index contributed by atoms with van der Waals surface area (Å²) in [5.41, 5.74) is 2.56. The van der Waals surface area contributed by atoms with Gasteiger partial charge < -0.3 is 10.1 Å². The minimum Gasteiger partial charge on any atom is -0.495 e. The number of nitro groups is 1. The molecule has 0 bridgehead atoms. The molecule has 112 valence electrons. The maximum absolute atomic E-state index is 10.9. The minimum absolute atomic E-state index is 0.0217. The zero-order valence-electron chi connectivity index (χ0n) is 12.5. The summed E-state index contributed by atoms with van der Waals surface area (Å²) in [4.78, 5) is 10.5. The Labute approximate surface area is 122 Å². The van der Waals surface area contributed by atoms with E-state index >= 15 is 0 Å². The Morgan fingerprint density at radius 1 is 1.48 bits per heavy atom. The monoisotopic (exact) mass is 290 g/mol. The number of methoxy groups -OCH3 is 1. The van der Waals surface area contributed by atoms with E-state index in [1.54, 1.807) is 10.7 Å². The smallest absolute Gasteiger partial charge is 0.271 e. The van der Waals surface area contributed by atoms with E-state index in [0.29, 0.717) is 11.4 Å². The molecule has 7 nitrogen and oxygen atoms in total. The molecule has 0 saturated heterocycles.